The molecule has 1 aromatic carbocycles. The molecule has 0 fully saturated rings. The summed E-state index contributed by atoms with van der Waals surface area (Å²) in [6.07, 6.45) is 2.96. The monoisotopic (exact) mass is 308 g/mol. The van der Waals surface area contributed by atoms with Crippen molar-refractivity contribution >= 4 is 10.9 Å². The van der Waals surface area contributed by atoms with Crippen molar-refractivity contribution in [1.29, 1.82) is 0 Å². The van der Waals surface area contributed by atoms with Gasteiger partial charge in [-0.15, -0.1) is 0 Å². The van der Waals surface area contributed by atoms with E-state index in [2.05, 4.69) is 39.2 Å². The summed E-state index contributed by atoms with van der Waals surface area (Å²) >= 11 is 0. The Bertz CT molecular complexity index is 822. The first-order valence-corrected chi connectivity index (χ1v) is 8.05. The van der Waals surface area contributed by atoms with Gasteiger partial charge in [-0.2, -0.15) is 5.10 Å². The molecule has 5 nitrogen and oxygen atoms in total. The SMILES string of the molecule is OCc1cc2n(n1)CCCN(Cc1ccnc3ccccc13)C2. The number of benzene rings is 1. The number of aliphatic hydroxyl groups excluding tert-OH is 1. The molecule has 0 aliphatic carbocycles. The Labute approximate surface area is 135 Å². The number of aliphatic hydroxyl groups is 1. The molecule has 3 heterocycles. The summed E-state index contributed by atoms with van der Waals surface area (Å²) in [6, 6.07) is 12.4. The molecule has 0 saturated carbocycles. The molecule has 0 bridgehead atoms. The summed E-state index contributed by atoms with van der Waals surface area (Å²) in [7, 11) is 0. The van der Waals surface area contributed by atoms with Crippen LogP contribution < -0.4 is 0 Å². The van der Waals surface area contributed by atoms with Gasteiger partial charge in [0, 0.05) is 37.8 Å². The molecule has 0 spiro atoms. The van der Waals surface area contributed by atoms with Gasteiger partial charge in [-0.25, -0.2) is 0 Å². The maximum absolute atomic E-state index is 9.28. The number of hydrogen-bond acceptors (Lipinski definition) is 4. The molecule has 1 aliphatic heterocycles. The van der Waals surface area contributed by atoms with Crippen LogP contribution in [0.15, 0.2) is 42.6 Å². The average molecular weight is 308 g/mol. The average Bonchev–Trinajstić information content (AvgIpc) is 2.88. The van der Waals surface area contributed by atoms with Crippen LogP contribution in [-0.4, -0.2) is 31.3 Å². The minimum Gasteiger partial charge on any atom is -0.390 e. The number of rotatable bonds is 3. The van der Waals surface area contributed by atoms with Crippen LogP contribution in [0.25, 0.3) is 10.9 Å². The lowest BCUT2D eigenvalue weighted by Crippen LogP contribution is -2.23. The predicted octanol–water partition coefficient (Wildman–Crippen LogP) is 2.33. The highest BCUT2D eigenvalue weighted by Crippen LogP contribution is 2.21. The minimum atomic E-state index is 0.00892. The number of aryl methyl sites for hydroxylation is 1. The third-order valence-electron chi connectivity index (χ3n) is 4.44. The van der Waals surface area contributed by atoms with Crippen LogP contribution in [-0.2, 0) is 26.2 Å². The summed E-state index contributed by atoms with van der Waals surface area (Å²) in [5.41, 5.74) is 4.31. The van der Waals surface area contributed by atoms with E-state index in [1.54, 1.807) is 0 Å². The molecule has 2 aromatic heterocycles. The molecular formula is C18H20N4O. The van der Waals surface area contributed by atoms with Crippen LogP contribution >= 0.6 is 0 Å². The van der Waals surface area contributed by atoms with Gasteiger partial charge < -0.3 is 5.11 Å². The number of nitrogens with zero attached hydrogens (tertiary/aromatic N) is 4. The van der Waals surface area contributed by atoms with Crippen molar-refractivity contribution in [2.24, 2.45) is 0 Å². The molecule has 1 aliphatic rings. The van der Waals surface area contributed by atoms with Gasteiger partial charge in [-0.1, -0.05) is 18.2 Å². The molecule has 0 amide bonds. The standard InChI is InChI=1S/C18H20N4O/c23-13-15-10-16-12-21(8-3-9-22(16)20-15)11-14-6-7-19-18-5-2-1-4-17(14)18/h1-2,4-7,10,23H,3,8-9,11-13H2. The lowest BCUT2D eigenvalue weighted by atomic mass is 10.1. The fourth-order valence-corrected chi connectivity index (χ4v) is 3.33. The number of pyridine rings is 1. The normalized spacial score (nSPS) is 15.5. The molecule has 118 valence electrons. The number of aromatic nitrogens is 3. The Morgan fingerprint density at radius 3 is 2.96 bits per heavy atom. The minimum absolute atomic E-state index is 0.00892. The Morgan fingerprint density at radius 2 is 2.04 bits per heavy atom. The molecule has 1 N–H and O–H groups in total. The maximum atomic E-state index is 9.28. The van der Waals surface area contributed by atoms with Crippen molar-refractivity contribution in [3.05, 3.63) is 59.5 Å². The summed E-state index contributed by atoms with van der Waals surface area (Å²) in [6.45, 7) is 3.75. The summed E-state index contributed by atoms with van der Waals surface area (Å²) in [5.74, 6) is 0. The quantitative estimate of drug-likeness (QED) is 0.807. The maximum Gasteiger partial charge on any atom is 0.0882 e. The van der Waals surface area contributed by atoms with Crippen LogP contribution in [0.5, 0.6) is 0 Å². The first kappa shape index (κ1) is 14.4. The van der Waals surface area contributed by atoms with Crippen molar-refractivity contribution in [2.75, 3.05) is 6.54 Å². The highest BCUT2D eigenvalue weighted by Gasteiger charge is 2.17. The third-order valence-corrected chi connectivity index (χ3v) is 4.44. The second-order valence-electron chi connectivity index (χ2n) is 6.06. The van der Waals surface area contributed by atoms with Gasteiger partial charge in [0.15, 0.2) is 0 Å². The Balaban J connectivity index is 1.60. The fourth-order valence-electron chi connectivity index (χ4n) is 3.33. The lowest BCUT2D eigenvalue weighted by Gasteiger charge is -2.20. The van der Waals surface area contributed by atoms with E-state index < -0.39 is 0 Å². The van der Waals surface area contributed by atoms with E-state index in [1.165, 1.54) is 16.6 Å². The van der Waals surface area contributed by atoms with Crippen LogP contribution in [0.2, 0.25) is 0 Å². The van der Waals surface area contributed by atoms with Gasteiger partial charge in [0.25, 0.3) is 0 Å². The highest BCUT2D eigenvalue weighted by molar-refractivity contribution is 5.81. The molecule has 0 atom stereocenters. The second-order valence-corrected chi connectivity index (χ2v) is 6.06. The number of hydrogen-bond donors (Lipinski definition) is 1. The van der Waals surface area contributed by atoms with Crippen LogP contribution in [0.1, 0.15) is 23.4 Å². The van der Waals surface area contributed by atoms with Crippen molar-refractivity contribution in [2.45, 2.75) is 32.7 Å². The van der Waals surface area contributed by atoms with E-state index in [-0.39, 0.29) is 6.61 Å². The molecule has 23 heavy (non-hydrogen) atoms. The Morgan fingerprint density at radius 1 is 1.13 bits per heavy atom. The first-order chi connectivity index (χ1) is 11.3. The summed E-state index contributed by atoms with van der Waals surface area (Å²) < 4.78 is 2.04. The molecule has 5 heteroatoms. The number of fused-ring (bicyclic) bond motifs is 2. The van der Waals surface area contributed by atoms with E-state index >= 15 is 0 Å². The topological polar surface area (TPSA) is 54.2 Å². The molecule has 0 unspecified atom stereocenters. The smallest absolute Gasteiger partial charge is 0.0882 e. The molecule has 4 rings (SSSR count). The zero-order chi connectivity index (χ0) is 15.6. The molecule has 3 aromatic rings. The first-order valence-electron chi connectivity index (χ1n) is 8.05. The molecular weight excluding hydrogens is 288 g/mol. The second kappa shape index (κ2) is 6.10. The Kier molecular flexibility index (Phi) is 3.81. The third kappa shape index (κ3) is 2.85. The van der Waals surface area contributed by atoms with Gasteiger partial charge >= 0.3 is 0 Å². The predicted molar refractivity (Wildman–Crippen MR) is 88.6 cm³/mol. The Hall–Kier alpha value is -2.24. The zero-order valence-corrected chi connectivity index (χ0v) is 13.0. The van der Waals surface area contributed by atoms with Crippen LogP contribution in [0.3, 0.4) is 0 Å². The van der Waals surface area contributed by atoms with Crippen LogP contribution in [0, 0.1) is 0 Å². The van der Waals surface area contributed by atoms with Gasteiger partial charge in [0.2, 0.25) is 0 Å². The van der Waals surface area contributed by atoms with Crippen LogP contribution in [0.4, 0.5) is 0 Å². The van der Waals surface area contributed by atoms with E-state index in [4.69, 9.17) is 0 Å². The van der Waals surface area contributed by atoms with E-state index in [0.717, 1.165) is 43.8 Å². The molecule has 0 radical (unpaired) electrons. The zero-order valence-electron chi connectivity index (χ0n) is 13.0. The number of para-hydroxylation sites is 1. The van der Waals surface area contributed by atoms with Gasteiger partial charge in [0.05, 0.1) is 23.5 Å². The van der Waals surface area contributed by atoms with Gasteiger partial charge in [-0.05, 0) is 30.2 Å². The van der Waals surface area contributed by atoms with Crippen molar-refractivity contribution < 1.29 is 5.11 Å². The van der Waals surface area contributed by atoms with E-state index in [1.807, 2.05) is 23.0 Å². The van der Waals surface area contributed by atoms with E-state index in [0.29, 0.717) is 0 Å². The summed E-state index contributed by atoms with van der Waals surface area (Å²) in [5, 5.41) is 15.0. The van der Waals surface area contributed by atoms with Crippen molar-refractivity contribution in [3.8, 4) is 0 Å². The fraction of sp³-hybridized carbons (Fsp3) is 0.333. The van der Waals surface area contributed by atoms with Crippen molar-refractivity contribution in [3.63, 3.8) is 0 Å². The lowest BCUT2D eigenvalue weighted by molar-refractivity contribution is 0.260. The highest BCUT2D eigenvalue weighted by atomic mass is 16.3. The van der Waals surface area contributed by atoms with E-state index in [9.17, 15) is 5.11 Å². The van der Waals surface area contributed by atoms with Gasteiger partial charge in [-0.3, -0.25) is 14.6 Å². The van der Waals surface area contributed by atoms with Crippen molar-refractivity contribution in [1.82, 2.24) is 19.7 Å². The largest absolute Gasteiger partial charge is 0.390 e. The van der Waals surface area contributed by atoms with Gasteiger partial charge in [0.1, 0.15) is 0 Å². The molecule has 0 saturated heterocycles. The summed E-state index contributed by atoms with van der Waals surface area (Å²) in [4.78, 5) is 6.89.